The average molecular weight is 277 g/mol. The summed E-state index contributed by atoms with van der Waals surface area (Å²) >= 11 is 0. The molecule has 2 rings (SSSR count). The second-order valence-electron chi connectivity index (χ2n) is 5.67. The van der Waals surface area contributed by atoms with Gasteiger partial charge >= 0.3 is 0 Å². The Bertz CT molecular complexity index is 490. The fraction of sp³-hybridized carbons (Fsp3) is 0.600. The Kier molecular flexibility index (Phi) is 4.60. The first kappa shape index (κ1) is 14.8. The molecule has 0 saturated carbocycles. The Balaban J connectivity index is 2.28. The molecule has 0 spiro atoms. The maximum atomic E-state index is 11.0. The number of aryl methyl sites for hydroxylation is 1. The molecular weight excluding hydrogens is 254 g/mol. The molecule has 110 valence electrons. The van der Waals surface area contributed by atoms with Crippen molar-refractivity contribution in [1.29, 1.82) is 0 Å². The number of hydrogen-bond acceptors (Lipinski definition) is 4. The van der Waals surface area contributed by atoms with E-state index in [0.717, 1.165) is 36.6 Å². The van der Waals surface area contributed by atoms with Gasteiger partial charge in [-0.25, -0.2) is 0 Å². The van der Waals surface area contributed by atoms with E-state index in [0.29, 0.717) is 6.54 Å². The van der Waals surface area contributed by atoms with Gasteiger partial charge in [-0.15, -0.1) is 0 Å². The van der Waals surface area contributed by atoms with Crippen molar-refractivity contribution in [2.75, 3.05) is 18.0 Å². The minimum atomic E-state index is -0.327. The van der Waals surface area contributed by atoms with Gasteiger partial charge in [-0.05, 0) is 37.3 Å². The molecule has 0 aliphatic carbocycles. The molecule has 1 saturated heterocycles. The number of anilines is 1. The molecule has 1 aromatic carbocycles. The first-order chi connectivity index (χ1) is 9.55. The molecule has 5 nitrogen and oxygen atoms in total. The van der Waals surface area contributed by atoms with Crippen molar-refractivity contribution >= 4 is 11.4 Å². The molecule has 0 aromatic heterocycles. The van der Waals surface area contributed by atoms with E-state index in [1.165, 1.54) is 6.42 Å². The van der Waals surface area contributed by atoms with Crippen LogP contribution in [-0.2, 0) is 0 Å². The lowest BCUT2D eigenvalue weighted by atomic mass is 9.88. The summed E-state index contributed by atoms with van der Waals surface area (Å²) in [7, 11) is 0. The van der Waals surface area contributed by atoms with Gasteiger partial charge in [0, 0.05) is 37.0 Å². The van der Waals surface area contributed by atoms with Crippen LogP contribution in [0, 0.1) is 23.0 Å². The van der Waals surface area contributed by atoms with Crippen LogP contribution in [0.5, 0.6) is 0 Å². The highest BCUT2D eigenvalue weighted by atomic mass is 16.6. The highest BCUT2D eigenvalue weighted by molar-refractivity contribution is 5.56. The number of hydrogen-bond donors (Lipinski definition) is 1. The number of nitro groups is 1. The molecule has 1 fully saturated rings. The van der Waals surface area contributed by atoms with Crippen molar-refractivity contribution in [3.8, 4) is 0 Å². The molecule has 5 heteroatoms. The number of rotatable bonds is 4. The lowest BCUT2D eigenvalue weighted by molar-refractivity contribution is -0.384. The molecule has 0 radical (unpaired) electrons. The number of benzene rings is 1. The third-order valence-electron chi connectivity index (χ3n) is 4.26. The van der Waals surface area contributed by atoms with Crippen LogP contribution in [0.1, 0.15) is 31.7 Å². The third-order valence-corrected chi connectivity index (χ3v) is 4.26. The molecule has 1 heterocycles. The maximum absolute atomic E-state index is 11.0. The summed E-state index contributed by atoms with van der Waals surface area (Å²) in [4.78, 5) is 12.9. The van der Waals surface area contributed by atoms with Crippen LogP contribution in [-0.4, -0.2) is 24.1 Å². The normalized spacial score (nSPS) is 22.9. The van der Waals surface area contributed by atoms with E-state index in [1.54, 1.807) is 12.1 Å². The largest absolute Gasteiger partial charge is 0.367 e. The first-order valence-electron chi connectivity index (χ1n) is 7.28. The van der Waals surface area contributed by atoms with Crippen LogP contribution in [0.4, 0.5) is 11.4 Å². The van der Waals surface area contributed by atoms with E-state index in [2.05, 4.69) is 11.8 Å². The quantitative estimate of drug-likeness (QED) is 0.678. The van der Waals surface area contributed by atoms with Gasteiger partial charge in [0.25, 0.3) is 5.69 Å². The predicted molar refractivity (Wildman–Crippen MR) is 81.0 cm³/mol. The van der Waals surface area contributed by atoms with E-state index >= 15 is 0 Å². The second-order valence-corrected chi connectivity index (χ2v) is 5.67. The van der Waals surface area contributed by atoms with E-state index in [9.17, 15) is 10.1 Å². The Morgan fingerprint density at radius 3 is 2.80 bits per heavy atom. The van der Waals surface area contributed by atoms with Crippen molar-refractivity contribution in [1.82, 2.24) is 0 Å². The smallest absolute Gasteiger partial charge is 0.271 e. The van der Waals surface area contributed by atoms with E-state index in [-0.39, 0.29) is 16.7 Å². The Morgan fingerprint density at radius 1 is 1.45 bits per heavy atom. The SMILES string of the molecule is CCC1CCN(c2cc(C)cc([N+](=O)[O-])c2)C(CN)C1. The van der Waals surface area contributed by atoms with Gasteiger partial charge in [-0.2, -0.15) is 0 Å². The van der Waals surface area contributed by atoms with E-state index < -0.39 is 0 Å². The summed E-state index contributed by atoms with van der Waals surface area (Å²) in [6, 6.07) is 5.58. The van der Waals surface area contributed by atoms with Gasteiger partial charge in [0.15, 0.2) is 0 Å². The zero-order valence-corrected chi connectivity index (χ0v) is 12.2. The topological polar surface area (TPSA) is 72.4 Å². The Labute approximate surface area is 119 Å². The number of piperidine rings is 1. The van der Waals surface area contributed by atoms with Gasteiger partial charge in [0.05, 0.1) is 4.92 Å². The van der Waals surface area contributed by atoms with E-state index in [4.69, 9.17) is 5.73 Å². The van der Waals surface area contributed by atoms with Gasteiger partial charge < -0.3 is 10.6 Å². The molecular formula is C15H23N3O2. The fourth-order valence-electron chi connectivity index (χ4n) is 3.08. The second kappa shape index (κ2) is 6.22. The van der Waals surface area contributed by atoms with Crippen LogP contribution in [0.3, 0.4) is 0 Å². The summed E-state index contributed by atoms with van der Waals surface area (Å²) in [6.45, 7) is 5.64. The minimum Gasteiger partial charge on any atom is -0.367 e. The lowest BCUT2D eigenvalue weighted by Gasteiger charge is -2.40. The zero-order chi connectivity index (χ0) is 14.7. The summed E-state index contributed by atoms with van der Waals surface area (Å²) in [5, 5.41) is 11.0. The molecule has 20 heavy (non-hydrogen) atoms. The van der Waals surface area contributed by atoms with Gasteiger partial charge in [0.1, 0.15) is 0 Å². The third kappa shape index (κ3) is 3.10. The van der Waals surface area contributed by atoms with Crippen molar-refractivity contribution in [2.24, 2.45) is 11.7 Å². The first-order valence-corrected chi connectivity index (χ1v) is 7.28. The summed E-state index contributed by atoms with van der Waals surface area (Å²) in [6.07, 6.45) is 3.39. The summed E-state index contributed by atoms with van der Waals surface area (Å²) in [5.41, 5.74) is 7.92. The molecule has 1 aliphatic rings. The maximum Gasteiger partial charge on any atom is 0.271 e. The van der Waals surface area contributed by atoms with Crippen molar-refractivity contribution in [3.63, 3.8) is 0 Å². The number of nitrogens with zero attached hydrogens (tertiary/aromatic N) is 2. The highest BCUT2D eigenvalue weighted by Crippen LogP contribution is 2.32. The number of nitro benzene ring substituents is 1. The lowest BCUT2D eigenvalue weighted by Crippen LogP contribution is -2.46. The van der Waals surface area contributed by atoms with Crippen LogP contribution < -0.4 is 10.6 Å². The van der Waals surface area contributed by atoms with Gasteiger partial charge in [0.2, 0.25) is 0 Å². The molecule has 1 aromatic rings. The summed E-state index contributed by atoms with van der Waals surface area (Å²) < 4.78 is 0. The van der Waals surface area contributed by atoms with Gasteiger partial charge in [-0.3, -0.25) is 10.1 Å². The number of nitrogens with two attached hydrogens (primary N) is 1. The fourth-order valence-corrected chi connectivity index (χ4v) is 3.08. The molecule has 2 unspecified atom stereocenters. The Morgan fingerprint density at radius 2 is 2.20 bits per heavy atom. The molecule has 0 amide bonds. The molecule has 1 aliphatic heterocycles. The van der Waals surface area contributed by atoms with Crippen molar-refractivity contribution < 1.29 is 4.92 Å². The standard InChI is InChI=1S/C15H23N3O2/c1-3-12-4-5-17(15(8-12)10-16)13-6-11(2)7-14(9-13)18(19)20/h6-7,9,12,15H,3-5,8,10,16H2,1-2H3. The van der Waals surface area contributed by atoms with E-state index in [1.807, 2.05) is 13.0 Å². The van der Waals surface area contributed by atoms with Crippen LogP contribution >= 0.6 is 0 Å². The van der Waals surface area contributed by atoms with Crippen LogP contribution in [0.15, 0.2) is 18.2 Å². The monoisotopic (exact) mass is 277 g/mol. The number of non-ortho nitro benzene ring substituents is 1. The minimum absolute atomic E-state index is 0.161. The van der Waals surface area contributed by atoms with Crippen molar-refractivity contribution in [2.45, 2.75) is 39.2 Å². The van der Waals surface area contributed by atoms with Gasteiger partial charge in [-0.1, -0.05) is 13.3 Å². The predicted octanol–water partition coefficient (Wildman–Crippen LogP) is 2.86. The molecule has 2 atom stereocenters. The summed E-state index contributed by atoms with van der Waals surface area (Å²) in [5.74, 6) is 0.722. The Hall–Kier alpha value is -1.62. The highest BCUT2D eigenvalue weighted by Gasteiger charge is 2.27. The molecule has 0 bridgehead atoms. The van der Waals surface area contributed by atoms with Crippen LogP contribution in [0.2, 0.25) is 0 Å². The zero-order valence-electron chi connectivity index (χ0n) is 12.2. The molecule has 2 N–H and O–H groups in total. The van der Waals surface area contributed by atoms with Crippen LogP contribution in [0.25, 0.3) is 0 Å². The average Bonchev–Trinajstić information content (AvgIpc) is 2.45. The van der Waals surface area contributed by atoms with Crippen molar-refractivity contribution in [3.05, 3.63) is 33.9 Å².